The van der Waals surface area contributed by atoms with Crippen molar-refractivity contribution in [3.8, 4) is 5.75 Å². The molecule has 0 bridgehead atoms. The molecule has 19 heavy (non-hydrogen) atoms. The fourth-order valence-electron chi connectivity index (χ4n) is 1.45. The van der Waals surface area contributed by atoms with Gasteiger partial charge >= 0.3 is 0 Å². The Kier molecular flexibility index (Phi) is 4.25. The second-order valence-electron chi connectivity index (χ2n) is 3.77. The van der Waals surface area contributed by atoms with E-state index in [1.807, 2.05) is 0 Å². The van der Waals surface area contributed by atoms with Crippen LogP contribution in [0.25, 0.3) is 0 Å². The van der Waals surface area contributed by atoms with Crippen molar-refractivity contribution in [3.05, 3.63) is 48.2 Å². The number of hydrogen-bond donors (Lipinski definition) is 2. The Morgan fingerprint density at radius 1 is 1.21 bits per heavy atom. The Hall–Kier alpha value is -2.21. The molecule has 1 aromatic heterocycles. The van der Waals surface area contributed by atoms with Gasteiger partial charge in [-0.25, -0.2) is 13.8 Å². The van der Waals surface area contributed by atoms with Gasteiger partial charge in [0.25, 0.3) is 0 Å². The first-order valence-electron chi connectivity index (χ1n) is 5.70. The highest BCUT2D eigenvalue weighted by Gasteiger charge is 2.05. The first-order valence-corrected chi connectivity index (χ1v) is 5.70. The number of nitrogens with zero attached hydrogens (tertiary/aromatic N) is 1. The van der Waals surface area contributed by atoms with Crippen LogP contribution in [0.4, 0.5) is 20.3 Å². The number of nitrogens with two attached hydrogens (primary N) is 1. The maximum atomic E-state index is 13.4. The van der Waals surface area contributed by atoms with Gasteiger partial charge in [0.05, 0.1) is 6.20 Å². The van der Waals surface area contributed by atoms with Crippen molar-refractivity contribution in [2.75, 3.05) is 18.5 Å². The van der Waals surface area contributed by atoms with Gasteiger partial charge in [-0.15, -0.1) is 0 Å². The summed E-state index contributed by atoms with van der Waals surface area (Å²) < 4.78 is 31.4. The molecule has 0 aliphatic heterocycles. The van der Waals surface area contributed by atoms with Crippen LogP contribution in [0.15, 0.2) is 36.5 Å². The molecule has 0 fully saturated rings. The lowest BCUT2D eigenvalue weighted by atomic mass is 10.3. The summed E-state index contributed by atoms with van der Waals surface area (Å²) in [5.74, 6) is -0.822. The fourth-order valence-corrected chi connectivity index (χ4v) is 1.45. The molecule has 0 spiro atoms. The molecule has 0 amide bonds. The third kappa shape index (κ3) is 3.62. The van der Waals surface area contributed by atoms with Crippen LogP contribution in [-0.2, 0) is 0 Å². The molecule has 0 aliphatic rings. The van der Waals surface area contributed by atoms with Gasteiger partial charge in [-0.3, -0.25) is 0 Å². The van der Waals surface area contributed by atoms with Gasteiger partial charge in [-0.1, -0.05) is 0 Å². The number of pyridine rings is 1. The molecule has 0 unspecified atom stereocenters. The summed E-state index contributed by atoms with van der Waals surface area (Å²) in [6.07, 6.45) is 0.949. The number of halogens is 2. The monoisotopic (exact) mass is 265 g/mol. The minimum atomic E-state index is -0.747. The van der Waals surface area contributed by atoms with Gasteiger partial charge in [0.15, 0.2) is 11.6 Å². The molecule has 0 saturated carbocycles. The maximum absolute atomic E-state index is 13.4. The molecular formula is C13H13F2N3O. The van der Waals surface area contributed by atoms with Crippen molar-refractivity contribution in [1.82, 2.24) is 4.98 Å². The molecule has 0 saturated heterocycles. The molecule has 4 nitrogen and oxygen atoms in total. The lowest BCUT2D eigenvalue weighted by Crippen LogP contribution is -2.10. The van der Waals surface area contributed by atoms with Crippen LogP contribution in [0.2, 0.25) is 0 Å². The predicted molar refractivity (Wildman–Crippen MR) is 68.4 cm³/mol. The average Bonchev–Trinajstić information content (AvgIpc) is 2.41. The molecule has 0 aliphatic carbocycles. The zero-order chi connectivity index (χ0) is 13.7. The van der Waals surface area contributed by atoms with E-state index in [-0.39, 0.29) is 5.82 Å². The molecule has 1 heterocycles. The lowest BCUT2D eigenvalue weighted by Gasteiger charge is -2.08. The zero-order valence-electron chi connectivity index (χ0n) is 10.1. The first kappa shape index (κ1) is 13.2. The Morgan fingerprint density at radius 3 is 2.58 bits per heavy atom. The SMILES string of the molecule is NCCOc1ccc(Nc2ncc(F)cc2F)cc1. The molecule has 1 aromatic carbocycles. The number of nitrogens with one attached hydrogen (secondary N) is 1. The predicted octanol–water partition coefficient (Wildman–Crippen LogP) is 2.44. The van der Waals surface area contributed by atoms with Crippen molar-refractivity contribution in [2.24, 2.45) is 5.73 Å². The van der Waals surface area contributed by atoms with E-state index in [0.29, 0.717) is 24.6 Å². The van der Waals surface area contributed by atoms with Crippen LogP contribution in [0.1, 0.15) is 0 Å². The van der Waals surface area contributed by atoms with Crippen molar-refractivity contribution in [1.29, 1.82) is 0 Å². The number of aromatic nitrogens is 1. The van der Waals surface area contributed by atoms with E-state index in [9.17, 15) is 8.78 Å². The summed E-state index contributed by atoms with van der Waals surface area (Å²) in [6.45, 7) is 0.867. The van der Waals surface area contributed by atoms with E-state index in [2.05, 4.69) is 10.3 Å². The Bertz CT molecular complexity index is 546. The molecule has 2 rings (SSSR count). The maximum Gasteiger partial charge on any atom is 0.168 e. The van der Waals surface area contributed by atoms with Gasteiger partial charge in [0.2, 0.25) is 0 Å². The summed E-state index contributed by atoms with van der Waals surface area (Å²) >= 11 is 0. The third-order valence-corrected chi connectivity index (χ3v) is 2.31. The van der Waals surface area contributed by atoms with E-state index in [1.54, 1.807) is 24.3 Å². The van der Waals surface area contributed by atoms with Gasteiger partial charge in [-0.2, -0.15) is 0 Å². The van der Waals surface area contributed by atoms with Gasteiger partial charge in [-0.05, 0) is 24.3 Å². The summed E-state index contributed by atoms with van der Waals surface area (Å²) in [5.41, 5.74) is 5.94. The highest BCUT2D eigenvalue weighted by Crippen LogP contribution is 2.20. The van der Waals surface area contributed by atoms with E-state index in [4.69, 9.17) is 10.5 Å². The van der Waals surface area contributed by atoms with E-state index in [1.165, 1.54) is 0 Å². The van der Waals surface area contributed by atoms with Crippen LogP contribution < -0.4 is 15.8 Å². The van der Waals surface area contributed by atoms with Crippen molar-refractivity contribution >= 4 is 11.5 Å². The Balaban J connectivity index is 2.06. The molecule has 3 N–H and O–H groups in total. The second-order valence-corrected chi connectivity index (χ2v) is 3.77. The summed E-state index contributed by atoms with van der Waals surface area (Å²) in [5, 5.41) is 2.75. The van der Waals surface area contributed by atoms with Crippen LogP contribution in [0, 0.1) is 11.6 Å². The van der Waals surface area contributed by atoms with Gasteiger partial charge in [0.1, 0.15) is 18.2 Å². The molecule has 6 heteroatoms. The molecular weight excluding hydrogens is 252 g/mol. The number of benzene rings is 1. The van der Waals surface area contributed by atoms with E-state index in [0.717, 1.165) is 12.3 Å². The smallest absolute Gasteiger partial charge is 0.168 e. The number of anilines is 2. The molecule has 0 radical (unpaired) electrons. The first-order chi connectivity index (χ1) is 9.19. The largest absolute Gasteiger partial charge is 0.492 e. The highest BCUT2D eigenvalue weighted by atomic mass is 19.1. The Morgan fingerprint density at radius 2 is 1.95 bits per heavy atom. The summed E-state index contributed by atoms with van der Waals surface area (Å²) in [7, 11) is 0. The Labute approximate surface area is 109 Å². The number of rotatable bonds is 5. The van der Waals surface area contributed by atoms with Crippen molar-refractivity contribution < 1.29 is 13.5 Å². The van der Waals surface area contributed by atoms with Gasteiger partial charge < -0.3 is 15.8 Å². The van der Waals surface area contributed by atoms with Crippen LogP contribution in [0.3, 0.4) is 0 Å². The highest BCUT2D eigenvalue weighted by molar-refractivity contribution is 5.57. The van der Waals surface area contributed by atoms with Gasteiger partial charge in [0, 0.05) is 18.3 Å². The third-order valence-electron chi connectivity index (χ3n) is 2.31. The number of hydrogen-bond acceptors (Lipinski definition) is 4. The van der Waals surface area contributed by atoms with Crippen LogP contribution in [-0.4, -0.2) is 18.1 Å². The second kappa shape index (κ2) is 6.10. The quantitative estimate of drug-likeness (QED) is 0.871. The lowest BCUT2D eigenvalue weighted by molar-refractivity contribution is 0.328. The summed E-state index contributed by atoms with van der Waals surface area (Å²) in [4.78, 5) is 3.64. The zero-order valence-corrected chi connectivity index (χ0v) is 10.1. The van der Waals surface area contributed by atoms with Crippen LogP contribution >= 0.6 is 0 Å². The average molecular weight is 265 g/mol. The fraction of sp³-hybridized carbons (Fsp3) is 0.154. The van der Waals surface area contributed by atoms with E-state index < -0.39 is 11.6 Å². The molecule has 2 aromatic rings. The standard InChI is InChI=1S/C13H13F2N3O/c14-9-7-12(15)13(17-8-9)18-10-1-3-11(4-2-10)19-6-5-16/h1-4,7-8H,5-6,16H2,(H,17,18). The van der Waals surface area contributed by atoms with E-state index >= 15 is 0 Å². The van der Waals surface area contributed by atoms with Crippen molar-refractivity contribution in [2.45, 2.75) is 0 Å². The number of ether oxygens (including phenoxy) is 1. The minimum absolute atomic E-state index is 0.0305. The minimum Gasteiger partial charge on any atom is -0.492 e. The normalized spacial score (nSPS) is 10.3. The molecule has 0 atom stereocenters. The molecule has 100 valence electrons. The van der Waals surface area contributed by atoms with Crippen LogP contribution in [0.5, 0.6) is 5.75 Å². The summed E-state index contributed by atoms with van der Waals surface area (Å²) in [6, 6.07) is 7.62. The topological polar surface area (TPSA) is 60.2 Å². The van der Waals surface area contributed by atoms with Crippen molar-refractivity contribution in [3.63, 3.8) is 0 Å².